The van der Waals surface area contributed by atoms with Crippen LogP contribution in [0.1, 0.15) is 31.2 Å². The van der Waals surface area contributed by atoms with Gasteiger partial charge in [0.25, 0.3) is 5.69 Å². The van der Waals surface area contributed by atoms with Crippen molar-refractivity contribution in [1.29, 1.82) is 0 Å². The van der Waals surface area contributed by atoms with Crippen LogP contribution in [0.3, 0.4) is 0 Å². The van der Waals surface area contributed by atoms with Gasteiger partial charge in [-0.3, -0.25) is 14.9 Å². The zero-order valence-corrected chi connectivity index (χ0v) is 18.7. The van der Waals surface area contributed by atoms with Gasteiger partial charge in [-0.25, -0.2) is 0 Å². The Bertz CT molecular complexity index is 969. The van der Waals surface area contributed by atoms with Gasteiger partial charge in [0, 0.05) is 55.3 Å². The van der Waals surface area contributed by atoms with Crippen LogP contribution in [-0.2, 0) is 14.9 Å². The fraction of sp³-hybridized carbons (Fsp3) is 0.458. The van der Waals surface area contributed by atoms with Gasteiger partial charge in [-0.15, -0.1) is 0 Å². The van der Waals surface area contributed by atoms with Gasteiger partial charge < -0.3 is 15.0 Å². The monoisotopic (exact) mass is 457 g/mol. The van der Waals surface area contributed by atoms with E-state index in [0.29, 0.717) is 56.4 Å². The number of ether oxygens (including phenoxy) is 1. The van der Waals surface area contributed by atoms with Crippen molar-refractivity contribution in [2.45, 2.75) is 31.1 Å². The van der Waals surface area contributed by atoms with E-state index in [1.807, 2.05) is 29.2 Å². The predicted molar refractivity (Wildman–Crippen MR) is 124 cm³/mol. The summed E-state index contributed by atoms with van der Waals surface area (Å²) in [5, 5.41) is 15.2. The molecule has 0 radical (unpaired) electrons. The van der Waals surface area contributed by atoms with Crippen molar-refractivity contribution in [3.8, 4) is 0 Å². The first-order valence-electron chi connectivity index (χ1n) is 11.1. The molecule has 0 aliphatic carbocycles. The molecule has 0 atom stereocenters. The summed E-state index contributed by atoms with van der Waals surface area (Å²) < 4.78 is 5.58. The third-order valence-corrected chi connectivity index (χ3v) is 7.01. The number of para-hydroxylation sites is 2. The largest absolute Gasteiger partial charge is 0.381 e. The van der Waals surface area contributed by atoms with Gasteiger partial charge in [-0.1, -0.05) is 35.9 Å². The van der Waals surface area contributed by atoms with Gasteiger partial charge in [0.1, 0.15) is 5.69 Å². The maximum absolute atomic E-state index is 13.0. The molecule has 0 saturated carbocycles. The van der Waals surface area contributed by atoms with E-state index in [2.05, 4.69) is 11.4 Å². The maximum atomic E-state index is 13.0. The minimum atomic E-state index is -0.350. The summed E-state index contributed by atoms with van der Waals surface area (Å²) >= 11 is 6.24. The molecule has 170 valence electrons. The van der Waals surface area contributed by atoms with Crippen molar-refractivity contribution in [2.75, 3.05) is 37.7 Å². The lowest BCUT2D eigenvalue weighted by Gasteiger charge is -2.39. The van der Waals surface area contributed by atoms with Gasteiger partial charge in [-0.2, -0.15) is 0 Å². The van der Waals surface area contributed by atoms with Crippen molar-refractivity contribution in [1.82, 2.24) is 5.32 Å². The van der Waals surface area contributed by atoms with E-state index in [1.54, 1.807) is 12.1 Å². The molecule has 8 heteroatoms. The molecule has 2 aliphatic rings. The number of nitrogens with one attached hydrogen (secondary N) is 1. The minimum absolute atomic E-state index is 0.0557. The van der Waals surface area contributed by atoms with E-state index >= 15 is 0 Å². The van der Waals surface area contributed by atoms with Crippen LogP contribution in [0, 0.1) is 16.0 Å². The van der Waals surface area contributed by atoms with Crippen LogP contribution in [0.4, 0.5) is 11.4 Å². The number of carbonyl (C=O) groups excluding carboxylic acids is 1. The predicted octanol–water partition coefficient (Wildman–Crippen LogP) is 4.33. The Morgan fingerprint density at radius 3 is 2.56 bits per heavy atom. The lowest BCUT2D eigenvalue weighted by Crippen LogP contribution is -2.47. The lowest BCUT2D eigenvalue weighted by atomic mass is 9.74. The molecule has 2 fully saturated rings. The third-order valence-electron chi connectivity index (χ3n) is 6.77. The average Bonchev–Trinajstić information content (AvgIpc) is 2.83. The molecule has 2 aromatic rings. The normalized spacial score (nSPS) is 18.8. The number of carbonyl (C=O) groups is 1. The number of nitro groups is 1. The molecular formula is C24H28ClN3O4. The molecular weight excluding hydrogens is 430 g/mol. The summed E-state index contributed by atoms with van der Waals surface area (Å²) in [6.45, 7) is 3.12. The SMILES string of the molecule is O=C(NCC1(c2cccc(Cl)c2)CCOCC1)C1CCN(c2ccccc2[N+](=O)[O-])CC1. The highest BCUT2D eigenvalue weighted by atomic mass is 35.5. The summed E-state index contributed by atoms with van der Waals surface area (Å²) in [5.41, 5.74) is 1.70. The van der Waals surface area contributed by atoms with Crippen molar-refractivity contribution < 1.29 is 14.5 Å². The van der Waals surface area contributed by atoms with Gasteiger partial charge in [0.15, 0.2) is 0 Å². The summed E-state index contributed by atoms with van der Waals surface area (Å²) in [4.78, 5) is 26.0. The fourth-order valence-corrected chi connectivity index (χ4v) is 5.01. The topological polar surface area (TPSA) is 84.7 Å². The summed E-state index contributed by atoms with van der Waals surface area (Å²) in [6, 6.07) is 14.7. The Kier molecular flexibility index (Phi) is 6.96. The third kappa shape index (κ3) is 4.89. The molecule has 2 heterocycles. The number of halogens is 1. The standard InChI is InChI=1S/C24H28ClN3O4/c25-20-5-3-4-19(16-20)24(10-14-32-15-11-24)17-26-23(29)18-8-12-27(13-9-18)21-6-1-2-7-22(21)28(30)31/h1-7,16,18H,8-15,17H2,(H,26,29). The second-order valence-electron chi connectivity index (χ2n) is 8.63. The number of hydrogen-bond donors (Lipinski definition) is 1. The molecule has 32 heavy (non-hydrogen) atoms. The number of nitrogens with zero attached hydrogens (tertiary/aromatic N) is 2. The van der Waals surface area contributed by atoms with E-state index in [-0.39, 0.29) is 27.9 Å². The number of anilines is 1. The molecule has 1 amide bonds. The van der Waals surface area contributed by atoms with E-state index in [1.165, 1.54) is 6.07 Å². The van der Waals surface area contributed by atoms with Crippen LogP contribution in [-0.4, -0.2) is 43.7 Å². The van der Waals surface area contributed by atoms with Gasteiger partial charge >= 0.3 is 0 Å². The molecule has 0 spiro atoms. The molecule has 0 bridgehead atoms. The van der Waals surface area contributed by atoms with Crippen LogP contribution in [0.25, 0.3) is 0 Å². The first kappa shape index (κ1) is 22.6. The highest BCUT2D eigenvalue weighted by Crippen LogP contribution is 2.36. The van der Waals surface area contributed by atoms with E-state index in [4.69, 9.17) is 16.3 Å². The van der Waals surface area contributed by atoms with Crippen molar-refractivity contribution in [2.24, 2.45) is 5.92 Å². The van der Waals surface area contributed by atoms with E-state index in [9.17, 15) is 14.9 Å². The summed E-state index contributed by atoms with van der Waals surface area (Å²) in [7, 11) is 0. The number of nitro benzene ring substituents is 1. The van der Waals surface area contributed by atoms with Crippen molar-refractivity contribution >= 4 is 28.9 Å². The Balaban J connectivity index is 1.38. The molecule has 1 N–H and O–H groups in total. The van der Waals surface area contributed by atoms with Crippen molar-refractivity contribution in [3.05, 3.63) is 69.2 Å². The van der Waals surface area contributed by atoms with E-state index < -0.39 is 0 Å². The van der Waals surface area contributed by atoms with Gasteiger partial charge in [0.05, 0.1) is 4.92 Å². The molecule has 2 aromatic carbocycles. The van der Waals surface area contributed by atoms with Crippen LogP contribution < -0.4 is 10.2 Å². The molecule has 0 unspecified atom stereocenters. The molecule has 2 aliphatic heterocycles. The number of piperidine rings is 1. The van der Waals surface area contributed by atoms with Crippen molar-refractivity contribution in [3.63, 3.8) is 0 Å². The van der Waals surface area contributed by atoms with Crippen LogP contribution in [0.5, 0.6) is 0 Å². The molecule has 0 aromatic heterocycles. The second-order valence-corrected chi connectivity index (χ2v) is 9.06. The van der Waals surface area contributed by atoms with Crippen LogP contribution >= 0.6 is 11.6 Å². The first-order chi connectivity index (χ1) is 15.5. The Labute approximate surface area is 192 Å². The highest BCUT2D eigenvalue weighted by molar-refractivity contribution is 6.30. The Morgan fingerprint density at radius 1 is 1.16 bits per heavy atom. The lowest BCUT2D eigenvalue weighted by molar-refractivity contribution is -0.384. The molecule has 7 nitrogen and oxygen atoms in total. The van der Waals surface area contributed by atoms with Gasteiger partial charge in [0.2, 0.25) is 5.91 Å². The number of amides is 1. The summed E-state index contributed by atoms with van der Waals surface area (Å²) in [5.74, 6) is -0.0367. The molecule has 2 saturated heterocycles. The fourth-order valence-electron chi connectivity index (χ4n) is 4.82. The first-order valence-corrected chi connectivity index (χ1v) is 11.5. The quantitative estimate of drug-likeness (QED) is 0.515. The Morgan fingerprint density at radius 2 is 1.88 bits per heavy atom. The van der Waals surface area contributed by atoms with Gasteiger partial charge in [-0.05, 0) is 49.4 Å². The minimum Gasteiger partial charge on any atom is -0.381 e. The van der Waals surface area contributed by atoms with Crippen LogP contribution in [0.2, 0.25) is 5.02 Å². The number of benzene rings is 2. The number of hydrogen-bond acceptors (Lipinski definition) is 5. The Hall–Kier alpha value is -2.64. The average molecular weight is 458 g/mol. The highest BCUT2D eigenvalue weighted by Gasteiger charge is 2.36. The smallest absolute Gasteiger partial charge is 0.292 e. The summed E-state index contributed by atoms with van der Waals surface area (Å²) in [6.07, 6.45) is 3.02. The molecule has 4 rings (SSSR count). The van der Waals surface area contributed by atoms with E-state index in [0.717, 1.165) is 18.4 Å². The second kappa shape index (κ2) is 9.88. The van der Waals surface area contributed by atoms with Crippen LogP contribution in [0.15, 0.2) is 48.5 Å². The maximum Gasteiger partial charge on any atom is 0.292 e. The zero-order valence-electron chi connectivity index (χ0n) is 18.0. The number of rotatable bonds is 6. The zero-order chi connectivity index (χ0) is 22.6.